The van der Waals surface area contributed by atoms with Crippen LogP contribution in [0.25, 0.3) is 21.8 Å². The van der Waals surface area contributed by atoms with Gasteiger partial charge in [0.2, 0.25) is 6.79 Å². The smallest absolute Gasteiger partial charge is 0.272 e. The fourth-order valence-corrected chi connectivity index (χ4v) is 4.56. The number of fused-ring (bicyclic) bond motifs is 4. The first-order chi connectivity index (χ1) is 15.6. The molecule has 6 rings (SSSR count). The van der Waals surface area contributed by atoms with Gasteiger partial charge in [0, 0.05) is 49.2 Å². The maximum Gasteiger partial charge on any atom is 0.272 e. The van der Waals surface area contributed by atoms with Crippen LogP contribution in [0.4, 0.5) is 0 Å². The summed E-state index contributed by atoms with van der Waals surface area (Å²) in [4.78, 5) is 25.6. The lowest BCUT2D eigenvalue weighted by molar-refractivity contribution is 0.0623. The van der Waals surface area contributed by atoms with E-state index in [2.05, 4.69) is 28.1 Å². The van der Waals surface area contributed by atoms with Gasteiger partial charge in [0.15, 0.2) is 11.5 Å². The summed E-state index contributed by atoms with van der Waals surface area (Å²) in [5.41, 5.74) is 4.62. The first kappa shape index (κ1) is 19.1. The van der Waals surface area contributed by atoms with Crippen LogP contribution in [0.3, 0.4) is 0 Å². The van der Waals surface area contributed by atoms with Gasteiger partial charge in [0.25, 0.3) is 5.91 Å². The van der Waals surface area contributed by atoms with E-state index in [4.69, 9.17) is 14.5 Å². The number of carbonyl (C=O) groups is 1. The van der Waals surface area contributed by atoms with E-state index < -0.39 is 0 Å². The molecule has 1 fully saturated rings. The van der Waals surface area contributed by atoms with E-state index in [9.17, 15) is 4.79 Å². The Bertz CT molecular complexity index is 1340. The van der Waals surface area contributed by atoms with E-state index >= 15 is 0 Å². The van der Waals surface area contributed by atoms with Crippen LogP contribution in [-0.2, 0) is 6.54 Å². The van der Waals surface area contributed by atoms with Gasteiger partial charge in [0.1, 0.15) is 5.69 Å². The van der Waals surface area contributed by atoms with E-state index in [1.165, 1.54) is 5.56 Å². The number of benzene rings is 2. The minimum Gasteiger partial charge on any atom is -0.454 e. The Balaban J connectivity index is 1.15. The number of hydrogen-bond donors (Lipinski definition) is 1. The molecule has 0 aliphatic carbocycles. The van der Waals surface area contributed by atoms with E-state index in [0.717, 1.165) is 58.6 Å². The van der Waals surface area contributed by atoms with Crippen molar-refractivity contribution in [2.24, 2.45) is 0 Å². The molecule has 0 radical (unpaired) electrons. The number of hydrogen-bond acceptors (Lipinski definition) is 5. The Kier molecular flexibility index (Phi) is 4.50. The van der Waals surface area contributed by atoms with Crippen molar-refractivity contribution >= 4 is 27.7 Å². The van der Waals surface area contributed by atoms with Crippen LogP contribution in [0.5, 0.6) is 11.5 Å². The first-order valence-corrected chi connectivity index (χ1v) is 10.9. The molecule has 0 bridgehead atoms. The number of pyridine rings is 1. The average Bonchev–Trinajstić information content (AvgIpc) is 3.46. The third kappa shape index (κ3) is 3.35. The topological polar surface area (TPSA) is 70.7 Å². The number of aryl methyl sites for hydroxylation is 1. The maximum atomic E-state index is 13.2. The van der Waals surface area contributed by atoms with E-state index in [1.54, 1.807) is 0 Å². The van der Waals surface area contributed by atoms with Crippen molar-refractivity contribution in [3.8, 4) is 11.5 Å². The van der Waals surface area contributed by atoms with Crippen molar-refractivity contribution in [1.82, 2.24) is 19.8 Å². The predicted molar refractivity (Wildman–Crippen MR) is 122 cm³/mol. The molecular formula is C25H24N4O3. The van der Waals surface area contributed by atoms with Crippen molar-refractivity contribution < 1.29 is 14.3 Å². The Morgan fingerprint density at radius 1 is 0.969 bits per heavy atom. The summed E-state index contributed by atoms with van der Waals surface area (Å²) in [5, 5.41) is 2.08. The number of amides is 1. The van der Waals surface area contributed by atoms with E-state index in [1.807, 2.05) is 42.2 Å². The molecule has 4 aromatic rings. The first-order valence-electron chi connectivity index (χ1n) is 10.9. The molecule has 2 aliphatic heterocycles. The second-order valence-corrected chi connectivity index (χ2v) is 8.51. The van der Waals surface area contributed by atoms with Crippen LogP contribution in [0.2, 0.25) is 0 Å². The van der Waals surface area contributed by atoms with Crippen molar-refractivity contribution in [3.63, 3.8) is 0 Å². The zero-order chi connectivity index (χ0) is 21.7. The summed E-state index contributed by atoms with van der Waals surface area (Å²) >= 11 is 0. The second-order valence-electron chi connectivity index (χ2n) is 8.51. The molecule has 7 nitrogen and oxygen atoms in total. The molecule has 1 amide bonds. The number of ether oxygens (including phenoxy) is 2. The van der Waals surface area contributed by atoms with E-state index in [0.29, 0.717) is 18.8 Å². The third-order valence-corrected chi connectivity index (χ3v) is 6.32. The Morgan fingerprint density at radius 2 is 1.75 bits per heavy atom. The second kappa shape index (κ2) is 7.53. The predicted octanol–water partition coefficient (Wildman–Crippen LogP) is 3.71. The molecule has 0 saturated carbocycles. The van der Waals surface area contributed by atoms with Crippen LogP contribution in [0.1, 0.15) is 21.7 Å². The molecule has 0 unspecified atom stereocenters. The molecule has 0 spiro atoms. The largest absolute Gasteiger partial charge is 0.454 e. The highest BCUT2D eigenvalue weighted by atomic mass is 16.7. The molecule has 4 heterocycles. The van der Waals surface area contributed by atoms with Gasteiger partial charge >= 0.3 is 0 Å². The minimum atomic E-state index is 0.00438. The van der Waals surface area contributed by atoms with Crippen LogP contribution in [0.15, 0.2) is 48.5 Å². The summed E-state index contributed by atoms with van der Waals surface area (Å²) in [6.07, 6.45) is 0. The van der Waals surface area contributed by atoms with Gasteiger partial charge in [-0.15, -0.1) is 0 Å². The normalized spacial score (nSPS) is 16.2. The molecule has 1 saturated heterocycles. The molecule has 2 aromatic heterocycles. The summed E-state index contributed by atoms with van der Waals surface area (Å²) in [5.74, 6) is 1.62. The highest BCUT2D eigenvalue weighted by Gasteiger charge is 2.25. The van der Waals surface area contributed by atoms with Crippen LogP contribution in [0, 0.1) is 6.92 Å². The van der Waals surface area contributed by atoms with Gasteiger partial charge in [0.05, 0.1) is 11.0 Å². The van der Waals surface area contributed by atoms with Gasteiger partial charge in [-0.3, -0.25) is 9.69 Å². The van der Waals surface area contributed by atoms with Crippen LogP contribution in [-0.4, -0.2) is 58.6 Å². The number of aromatic nitrogens is 2. The number of nitrogens with one attached hydrogen (secondary N) is 1. The van der Waals surface area contributed by atoms with Gasteiger partial charge in [-0.2, -0.15) is 0 Å². The number of rotatable bonds is 3. The SMILES string of the molecule is Cc1ccc2ccc3cc(C(=O)N4CCN(Cc5ccc6c(c5)OCO6)CC4)nc3c2[nH]1. The maximum absolute atomic E-state index is 13.2. The van der Waals surface area contributed by atoms with Crippen molar-refractivity contribution in [2.45, 2.75) is 13.5 Å². The van der Waals surface area contributed by atoms with Crippen molar-refractivity contribution in [3.05, 3.63) is 65.5 Å². The number of aromatic amines is 1. The molecule has 162 valence electrons. The molecule has 2 aromatic carbocycles. The van der Waals surface area contributed by atoms with Crippen molar-refractivity contribution in [2.75, 3.05) is 33.0 Å². The summed E-state index contributed by atoms with van der Waals surface area (Å²) in [7, 11) is 0. The highest BCUT2D eigenvalue weighted by Crippen LogP contribution is 2.33. The Hall–Kier alpha value is -3.58. The van der Waals surface area contributed by atoms with E-state index in [-0.39, 0.29) is 12.7 Å². The highest BCUT2D eigenvalue weighted by molar-refractivity contribution is 6.07. The summed E-state index contributed by atoms with van der Waals surface area (Å²) in [6.45, 7) is 6.19. The van der Waals surface area contributed by atoms with Gasteiger partial charge < -0.3 is 19.4 Å². The van der Waals surface area contributed by atoms with Gasteiger partial charge in [-0.25, -0.2) is 4.98 Å². The fraction of sp³-hybridized carbons (Fsp3) is 0.280. The van der Waals surface area contributed by atoms with Crippen LogP contribution >= 0.6 is 0 Å². The molecule has 0 atom stereocenters. The van der Waals surface area contributed by atoms with Gasteiger partial charge in [-0.05, 0) is 36.8 Å². The lowest BCUT2D eigenvalue weighted by Crippen LogP contribution is -2.48. The zero-order valence-electron chi connectivity index (χ0n) is 17.9. The minimum absolute atomic E-state index is 0.00438. The number of piperazine rings is 1. The molecule has 32 heavy (non-hydrogen) atoms. The lowest BCUT2D eigenvalue weighted by atomic mass is 10.1. The third-order valence-electron chi connectivity index (χ3n) is 6.32. The average molecular weight is 428 g/mol. The molecule has 1 N–H and O–H groups in total. The monoisotopic (exact) mass is 428 g/mol. The van der Waals surface area contributed by atoms with Crippen LogP contribution < -0.4 is 9.47 Å². The molecule has 7 heteroatoms. The zero-order valence-corrected chi connectivity index (χ0v) is 17.9. The fourth-order valence-electron chi connectivity index (χ4n) is 4.56. The summed E-state index contributed by atoms with van der Waals surface area (Å²) < 4.78 is 10.9. The van der Waals surface area contributed by atoms with Crippen molar-refractivity contribution in [1.29, 1.82) is 0 Å². The Morgan fingerprint density at radius 3 is 2.62 bits per heavy atom. The lowest BCUT2D eigenvalue weighted by Gasteiger charge is -2.34. The van der Waals surface area contributed by atoms with Gasteiger partial charge in [-0.1, -0.05) is 24.3 Å². The Labute approximate surface area is 185 Å². The molecule has 2 aliphatic rings. The molecular weight excluding hydrogens is 404 g/mol. The standard InChI is InChI=1S/C25H24N4O3/c1-16-2-4-18-5-6-19-13-20(27-24(19)23(18)26-16)25(30)29-10-8-28(9-11-29)14-17-3-7-21-22(12-17)32-15-31-21/h2-7,12-13,26H,8-11,14-15H2,1H3. The number of H-pyrrole nitrogens is 1. The quantitative estimate of drug-likeness (QED) is 0.539. The summed E-state index contributed by atoms with van der Waals surface area (Å²) in [6, 6.07) is 16.2. The number of carbonyl (C=O) groups excluding carboxylic acids is 1. The number of nitrogens with zero attached hydrogens (tertiary/aromatic N) is 3.